The van der Waals surface area contributed by atoms with Crippen LogP contribution in [-0.4, -0.2) is 42.9 Å². The number of halogens is 1. The van der Waals surface area contributed by atoms with Gasteiger partial charge in [-0.05, 0) is 24.6 Å². The lowest BCUT2D eigenvalue weighted by molar-refractivity contribution is -0.121. The average Bonchev–Trinajstić information content (AvgIpc) is 2.69. The summed E-state index contributed by atoms with van der Waals surface area (Å²) in [4.78, 5) is 25.5. The van der Waals surface area contributed by atoms with Crippen LogP contribution in [-0.2, 0) is 4.79 Å². The number of nitrogens with zero attached hydrogens (tertiary/aromatic N) is 1. The van der Waals surface area contributed by atoms with Gasteiger partial charge in [-0.2, -0.15) is 0 Å². The average molecular weight is 289 g/mol. The molecule has 1 aliphatic rings. The van der Waals surface area contributed by atoms with Crippen LogP contribution < -0.4 is 11.1 Å². The Balaban J connectivity index is 2.31. The summed E-state index contributed by atoms with van der Waals surface area (Å²) in [5.74, 6) is 4.32. The number of carbonyl (C=O) groups is 2. The van der Waals surface area contributed by atoms with Gasteiger partial charge >= 0.3 is 0 Å². The van der Waals surface area contributed by atoms with Crippen LogP contribution in [0.15, 0.2) is 18.2 Å². The van der Waals surface area contributed by atoms with E-state index in [1.807, 2.05) is 0 Å². The Labute approximate surface area is 122 Å². The highest BCUT2D eigenvalue weighted by molar-refractivity contribution is 5.98. The molecular weight excluding hydrogens is 273 g/mol. The molecule has 0 radical (unpaired) electrons. The smallest absolute Gasteiger partial charge is 0.255 e. The van der Waals surface area contributed by atoms with E-state index >= 15 is 0 Å². The summed E-state index contributed by atoms with van der Waals surface area (Å²) in [7, 11) is 0. The van der Waals surface area contributed by atoms with E-state index in [0.717, 1.165) is 0 Å². The van der Waals surface area contributed by atoms with Gasteiger partial charge in [0.1, 0.15) is 5.82 Å². The SMILES string of the molecule is NCC#Cc1cc(F)ccc1C(=O)N1CCCNC(=O)C1. The molecule has 3 N–H and O–H groups in total. The van der Waals surface area contributed by atoms with E-state index in [0.29, 0.717) is 19.5 Å². The van der Waals surface area contributed by atoms with E-state index in [9.17, 15) is 14.0 Å². The van der Waals surface area contributed by atoms with Crippen molar-refractivity contribution in [2.75, 3.05) is 26.2 Å². The maximum Gasteiger partial charge on any atom is 0.255 e. The molecule has 0 aromatic heterocycles. The Bertz CT molecular complexity index is 619. The Morgan fingerprint density at radius 3 is 3.05 bits per heavy atom. The third kappa shape index (κ3) is 3.80. The van der Waals surface area contributed by atoms with Crippen LogP contribution >= 0.6 is 0 Å². The molecule has 21 heavy (non-hydrogen) atoms. The molecule has 1 aromatic carbocycles. The lowest BCUT2D eigenvalue weighted by atomic mass is 10.1. The predicted octanol–water partition coefficient (Wildman–Crippen LogP) is 0.0980. The number of benzene rings is 1. The molecule has 1 heterocycles. The topological polar surface area (TPSA) is 75.4 Å². The van der Waals surface area contributed by atoms with E-state index in [2.05, 4.69) is 17.2 Å². The third-order valence-electron chi connectivity index (χ3n) is 3.09. The Morgan fingerprint density at radius 1 is 1.48 bits per heavy atom. The van der Waals surface area contributed by atoms with Gasteiger partial charge in [-0.25, -0.2) is 4.39 Å². The molecule has 2 rings (SSSR count). The first kappa shape index (κ1) is 15.0. The van der Waals surface area contributed by atoms with Gasteiger partial charge in [0.15, 0.2) is 0 Å². The molecule has 6 heteroatoms. The van der Waals surface area contributed by atoms with Crippen LogP contribution in [0.4, 0.5) is 4.39 Å². The number of hydrogen-bond donors (Lipinski definition) is 2. The molecule has 0 atom stereocenters. The van der Waals surface area contributed by atoms with E-state index in [1.165, 1.54) is 23.1 Å². The number of nitrogens with two attached hydrogens (primary N) is 1. The van der Waals surface area contributed by atoms with Crippen molar-refractivity contribution in [2.24, 2.45) is 5.73 Å². The zero-order chi connectivity index (χ0) is 15.2. The molecule has 1 aliphatic heterocycles. The van der Waals surface area contributed by atoms with Crippen LogP contribution in [0.25, 0.3) is 0 Å². The Hall–Kier alpha value is -2.39. The van der Waals surface area contributed by atoms with Gasteiger partial charge in [0.25, 0.3) is 5.91 Å². The van der Waals surface area contributed by atoms with E-state index in [-0.39, 0.29) is 36.0 Å². The summed E-state index contributed by atoms with van der Waals surface area (Å²) in [5.41, 5.74) is 5.88. The van der Waals surface area contributed by atoms with E-state index in [1.54, 1.807) is 0 Å². The van der Waals surface area contributed by atoms with E-state index in [4.69, 9.17) is 5.73 Å². The highest BCUT2D eigenvalue weighted by atomic mass is 19.1. The Morgan fingerprint density at radius 2 is 2.29 bits per heavy atom. The molecule has 1 fully saturated rings. The summed E-state index contributed by atoms with van der Waals surface area (Å²) in [5, 5.41) is 2.70. The fraction of sp³-hybridized carbons (Fsp3) is 0.333. The van der Waals surface area contributed by atoms with Crippen molar-refractivity contribution in [1.29, 1.82) is 0 Å². The molecule has 1 aromatic rings. The van der Waals surface area contributed by atoms with Crippen molar-refractivity contribution >= 4 is 11.8 Å². The van der Waals surface area contributed by atoms with Crippen molar-refractivity contribution in [1.82, 2.24) is 10.2 Å². The maximum absolute atomic E-state index is 13.3. The van der Waals surface area contributed by atoms with Crippen LogP contribution in [0.5, 0.6) is 0 Å². The van der Waals surface area contributed by atoms with Crippen LogP contribution in [0.3, 0.4) is 0 Å². The first-order valence-corrected chi connectivity index (χ1v) is 6.66. The second-order valence-electron chi connectivity index (χ2n) is 4.63. The quantitative estimate of drug-likeness (QED) is 0.720. The highest BCUT2D eigenvalue weighted by Crippen LogP contribution is 2.14. The number of nitrogens with one attached hydrogen (secondary N) is 1. The summed E-state index contributed by atoms with van der Waals surface area (Å²) < 4.78 is 13.3. The number of hydrogen-bond acceptors (Lipinski definition) is 3. The van der Waals surface area contributed by atoms with Crippen molar-refractivity contribution in [3.05, 3.63) is 35.1 Å². The van der Waals surface area contributed by atoms with Gasteiger partial charge in [0, 0.05) is 18.7 Å². The standard InChI is InChI=1S/C15H16FN3O2/c16-12-4-5-13(11(9-12)3-1-6-17)15(21)19-8-2-7-18-14(20)10-19/h4-5,9H,2,6-8,10,17H2,(H,18,20). The van der Waals surface area contributed by atoms with Gasteiger partial charge < -0.3 is 16.0 Å². The molecule has 0 aliphatic carbocycles. The van der Waals surface area contributed by atoms with Crippen molar-refractivity contribution in [2.45, 2.75) is 6.42 Å². The monoisotopic (exact) mass is 289 g/mol. The normalized spacial score (nSPS) is 14.8. The van der Waals surface area contributed by atoms with Gasteiger partial charge in [-0.1, -0.05) is 11.8 Å². The molecule has 0 saturated carbocycles. The minimum atomic E-state index is -0.471. The number of carbonyl (C=O) groups excluding carboxylic acids is 2. The first-order chi connectivity index (χ1) is 10.1. The number of rotatable bonds is 1. The fourth-order valence-corrected chi connectivity index (χ4v) is 2.10. The van der Waals surface area contributed by atoms with Gasteiger partial charge in [0.2, 0.25) is 5.91 Å². The van der Waals surface area contributed by atoms with Crippen LogP contribution in [0, 0.1) is 17.7 Å². The third-order valence-corrected chi connectivity index (χ3v) is 3.09. The first-order valence-electron chi connectivity index (χ1n) is 6.66. The van der Waals surface area contributed by atoms with Gasteiger partial charge in [-0.15, -0.1) is 0 Å². The van der Waals surface area contributed by atoms with Crippen molar-refractivity contribution in [3.63, 3.8) is 0 Å². The number of amides is 2. The summed E-state index contributed by atoms with van der Waals surface area (Å²) in [6, 6.07) is 3.80. The fourth-order valence-electron chi connectivity index (χ4n) is 2.10. The summed E-state index contributed by atoms with van der Waals surface area (Å²) in [6.07, 6.45) is 0.683. The Kier molecular flexibility index (Phi) is 4.90. The zero-order valence-electron chi connectivity index (χ0n) is 11.5. The van der Waals surface area contributed by atoms with Crippen LogP contribution in [0.2, 0.25) is 0 Å². The second-order valence-corrected chi connectivity index (χ2v) is 4.63. The van der Waals surface area contributed by atoms with Gasteiger partial charge in [0.05, 0.1) is 18.7 Å². The maximum atomic E-state index is 13.3. The van der Waals surface area contributed by atoms with Crippen LogP contribution in [0.1, 0.15) is 22.3 Å². The molecule has 0 unspecified atom stereocenters. The van der Waals surface area contributed by atoms with Crippen molar-refractivity contribution < 1.29 is 14.0 Å². The molecule has 0 bridgehead atoms. The second kappa shape index (κ2) is 6.86. The minimum absolute atomic E-state index is 0.0000325. The highest BCUT2D eigenvalue weighted by Gasteiger charge is 2.22. The largest absolute Gasteiger partial charge is 0.354 e. The van der Waals surface area contributed by atoms with E-state index < -0.39 is 5.82 Å². The van der Waals surface area contributed by atoms with Gasteiger partial charge in [-0.3, -0.25) is 9.59 Å². The summed E-state index contributed by atoms with van der Waals surface area (Å²) in [6.45, 7) is 1.14. The lowest BCUT2D eigenvalue weighted by Gasteiger charge is -2.19. The molecule has 1 saturated heterocycles. The van der Waals surface area contributed by atoms with Crippen molar-refractivity contribution in [3.8, 4) is 11.8 Å². The minimum Gasteiger partial charge on any atom is -0.354 e. The lowest BCUT2D eigenvalue weighted by Crippen LogP contribution is -2.37. The predicted molar refractivity (Wildman–Crippen MR) is 75.9 cm³/mol. The molecule has 0 spiro atoms. The molecule has 110 valence electrons. The molecule has 5 nitrogen and oxygen atoms in total. The molecular formula is C15H16FN3O2. The molecule has 2 amide bonds. The zero-order valence-corrected chi connectivity index (χ0v) is 11.5. The summed E-state index contributed by atoms with van der Waals surface area (Å²) >= 11 is 0.